The molecule has 1 heterocycles. The fourth-order valence-corrected chi connectivity index (χ4v) is 3.19. The topological polar surface area (TPSA) is 95.7 Å². The van der Waals surface area contributed by atoms with E-state index in [2.05, 4.69) is 5.32 Å². The quantitative estimate of drug-likeness (QED) is 0.577. The van der Waals surface area contributed by atoms with Crippen molar-refractivity contribution in [2.75, 3.05) is 25.0 Å². The molecule has 1 amide bonds. The lowest BCUT2D eigenvalue weighted by atomic mass is 9.97. The molecule has 3 rings (SSSR count). The monoisotopic (exact) mass is 369 g/mol. The first-order chi connectivity index (χ1) is 13.0. The van der Waals surface area contributed by atoms with E-state index in [-0.39, 0.29) is 24.1 Å². The molecule has 1 unspecified atom stereocenters. The van der Waals surface area contributed by atoms with Crippen molar-refractivity contribution < 1.29 is 14.8 Å². The Labute approximate surface area is 157 Å². The van der Waals surface area contributed by atoms with Crippen LogP contribution in [-0.4, -0.2) is 46.6 Å². The molecule has 0 aromatic heterocycles. The largest absolute Gasteiger partial charge is 0.396 e. The molecule has 142 valence electrons. The molecule has 1 fully saturated rings. The van der Waals surface area contributed by atoms with Crippen molar-refractivity contribution in [3.63, 3.8) is 0 Å². The average molecular weight is 369 g/mol. The smallest absolute Gasteiger partial charge is 0.292 e. The van der Waals surface area contributed by atoms with E-state index >= 15 is 0 Å². The number of nitro groups is 1. The van der Waals surface area contributed by atoms with Crippen LogP contribution in [0.3, 0.4) is 0 Å². The molecule has 7 nitrogen and oxygen atoms in total. The molecule has 7 heteroatoms. The van der Waals surface area contributed by atoms with Crippen molar-refractivity contribution in [2.24, 2.45) is 5.92 Å². The first-order valence-electron chi connectivity index (χ1n) is 8.93. The molecule has 1 aliphatic heterocycles. The van der Waals surface area contributed by atoms with E-state index in [1.807, 2.05) is 31.2 Å². The van der Waals surface area contributed by atoms with Crippen LogP contribution in [-0.2, 0) is 11.2 Å². The number of hydrogen-bond donors (Lipinski definition) is 2. The first-order valence-corrected chi connectivity index (χ1v) is 8.93. The van der Waals surface area contributed by atoms with Crippen LogP contribution in [0.1, 0.15) is 11.1 Å². The second-order valence-electron chi connectivity index (χ2n) is 6.95. The van der Waals surface area contributed by atoms with Gasteiger partial charge in [0.2, 0.25) is 5.91 Å². The maximum atomic E-state index is 13.0. The van der Waals surface area contributed by atoms with Gasteiger partial charge in [-0.1, -0.05) is 42.0 Å². The summed E-state index contributed by atoms with van der Waals surface area (Å²) in [7, 11) is 0. The van der Waals surface area contributed by atoms with E-state index < -0.39 is 11.0 Å². The molecular weight excluding hydrogens is 346 g/mol. The summed E-state index contributed by atoms with van der Waals surface area (Å²) in [4.78, 5) is 25.5. The van der Waals surface area contributed by atoms with Gasteiger partial charge in [-0.05, 0) is 18.6 Å². The second kappa shape index (κ2) is 8.18. The van der Waals surface area contributed by atoms with Crippen molar-refractivity contribution in [2.45, 2.75) is 19.4 Å². The van der Waals surface area contributed by atoms with E-state index in [4.69, 9.17) is 0 Å². The molecule has 0 spiro atoms. The van der Waals surface area contributed by atoms with E-state index in [9.17, 15) is 20.0 Å². The number of carbonyl (C=O) groups is 1. The Balaban J connectivity index is 1.82. The van der Waals surface area contributed by atoms with E-state index in [1.165, 1.54) is 6.07 Å². The van der Waals surface area contributed by atoms with Gasteiger partial charge in [0.15, 0.2) is 0 Å². The summed E-state index contributed by atoms with van der Waals surface area (Å²) in [5, 5.41) is 23.6. The number of carbonyl (C=O) groups excluding carboxylic acids is 1. The molecule has 0 saturated carbocycles. The number of anilines is 1. The van der Waals surface area contributed by atoms with Gasteiger partial charge >= 0.3 is 0 Å². The number of nitrogens with zero attached hydrogens (tertiary/aromatic N) is 2. The van der Waals surface area contributed by atoms with Gasteiger partial charge in [0.05, 0.1) is 4.92 Å². The zero-order chi connectivity index (χ0) is 19.4. The lowest BCUT2D eigenvalue weighted by molar-refractivity contribution is -0.384. The SMILES string of the molecule is Cc1ccc(CC(Nc2ccccc2[N+](=O)[O-])C(=O)N2CC(CO)C2)cc1. The molecule has 2 aromatic rings. The molecule has 0 bridgehead atoms. The molecule has 1 aliphatic rings. The number of likely N-dealkylation sites (tertiary alicyclic amines) is 1. The minimum Gasteiger partial charge on any atom is -0.396 e. The minimum absolute atomic E-state index is 0.0592. The Kier molecular flexibility index (Phi) is 5.71. The lowest BCUT2D eigenvalue weighted by Gasteiger charge is -2.40. The van der Waals surface area contributed by atoms with Crippen LogP contribution in [0.15, 0.2) is 48.5 Å². The molecule has 27 heavy (non-hydrogen) atoms. The van der Waals surface area contributed by atoms with Crippen LogP contribution in [0.25, 0.3) is 0 Å². The number of amides is 1. The highest BCUT2D eigenvalue weighted by atomic mass is 16.6. The highest BCUT2D eigenvalue weighted by molar-refractivity contribution is 5.86. The fraction of sp³-hybridized carbons (Fsp3) is 0.350. The van der Waals surface area contributed by atoms with Crippen molar-refractivity contribution in [3.05, 3.63) is 69.8 Å². The number of aliphatic hydroxyl groups is 1. The number of nitrogens with one attached hydrogen (secondary N) is 1. The zero-order valence-electron chi connectivity index (χ0n) is 15.2. The van der Waals surface area contributed by atoms with Gasteiger partial charge in [0, 0.05) is 38.1 Å². The second-order valence-corrected chi connectivity index (χ2v) is 6.95. The highest BCUT2D eigenvalue weighted by Gasteiger charge is 2.34. The van der Waals surface area contributed by atoms with Gasteiger partial charge in [0.25, 0.3) is 5.69 Å². The van der Waals surface area contributed by atoms with Crippen molar-refractivity contribution >= 4 is 17.3 Å². The van der Waals surface area contributed by atoms with Gasteiger partial charge in [-0.15, -0.1) is 0 Å². The lowest BCUT2D eigenvalue weighted by Crippen LogP contribution is -2.56. The van der Waals surface area contributed by atoms with Gasteiger partial charge < -0.3 is 15.3 Å². The van der Waals surface area contributed by atoms with Crippen molar-refractivity contribution in [1.29, 1.82) is 0 Å². The zero-order valence-corrected chi connectivity index (χ0v) is 15.2. The summed E-state index contributed by atoms with van der Waals surface area (Å²) in [6.45, 7) is 3.08. The average Bonchev–Trinajstić information content (AvgIpc) is 2.62. The number of para-hydroxylation sites is 2. The first kappa shape index (κ1) is 18.8. The number of nitro benzene ring substituents is 1. The Morgan fingerprint density at radius 1 is 1.26 bits per heavy atom. The minimum atomic E-state index is -0.617. The third kappa shape index (κ3) is 4.43. The van der Waals surface area contributed by atoms with Gasteiger partial charge in [-0.2, -0.15) is 0 Å². The van der Waals surface area contributed by atoms with Crippen LogP contribution in [0, 0.1) is 23.0 Å². The van der Waals surface area contributed by atoms with Gasteiger partial charge in [-0.3, -0.25) is 14.9 Å². The Morgan fingerprint density at radius 2 is 1.93 bits per heavy atom. The Bertz CT molecular complexity index is 816. The van der Waals surface area contributed by atoms with Crippen LogP contribution in [0.2, 0.25) is 0 Å². The molecular formula is C20H23N3O4. The summed E-state index contributed by atoms with van der Waals surface area (Å²) < 4.78 is 0. The van der Waals surface area contributed by atoms with Crippen LogP contribution >= 0.6 is 0 Å². The van der Waals surface area contributed by atoms with Crippen molar-refractivity contribution in [1.82, 2.24) is 4.90 Å². The normalized spacial score (nSPS) is 15.1. The standard InChI is InChI=1S/C20H23N3O4/c1-14-6-8-15(9-7-14)10-18(20(25)22-11-16(12-22)13-24)21-17-4-2-3-5-19(17)23(26)27/h2-9,16,18,21,24H,10-13H2,1H3. The summed E-state index contributed by atoms with van der Waals surface area (Å²) in [6, 6.07) is 13.6. The number of hydrogen-bond acceptors (Lipinski definition) is 5. The van der Waals surface area contributed by atoms with Gasteiger partial charge in [0.1, 0.15) is 11.7 Å². The van der Waals surface area contributed by atoms with E-state index in [1.54, 1.807) is 23.1 Å². The molecule has 0 radical (unpaired) electrons. The Morgan fingerprint density at radius 3 is 2.56 bits per heavy atom. The summed E-state index contributed by atoms with van der Waals surface area (Å²) in [5.41, 5.74) is 2.37. The van der Waals surface area contributed by atoms with E-state index in [0.717, 1.165) is 11.1 Å². The fourth-order valence-electron chi connectivity index (χ4n) is 3.19. The van der Waals surface area contributed by atoms with Gasteiger partial charge in [-0.25, -0.2) is 0 Å². The molecule has 2 N–H and O–H groups in total. The number of rotatable bonds is 7. The van der Waals surface area contributed by atoms with Crippen LogP contribution in [0.4, 0.5) is 11.4 Å². The summed E-state index contributed by atoms with van der Waals surface area (Å²) in [5.74, 6) is -0.00142. The molecule has 1 atom stereocenters. The van der Waals surface area contributed by atoms with Crippen molar-refractivity contribution in [3.8, 4) is 0 Å². The number of aryl methyl sites for hydroxylation is 1. The third-order valence-electron chi connectivity index (χ3n) is 4.82. The maximum absolute atomic E-state index is 13.0. The Hall–Kier alpha value is -2.93. The number of benzene rings is 2. The third-order valence-corrected chi connectivity index (χ3v) is 4.82. The van der Waals surface area contributed by atoms with Crippen LogP contribution in [0.5, 0.6) is 0 Å². The van der Waals surface area contributed by atoms with E-state index in [0.29, 0.717) is 25.2 Å². The predicted molar refractivity (Wildman–Crippen MR) is 103 cm³/mol. The predicted octanol–water partition coefficient (Wildman–Crippen LogP) is 2.38. The summed E-state index contributed by atoms with van der Waals surface area (Å²) >= 11 is 0. The molecule has 2 aromatic carbocycles. The molecule has 0 aliphatic carbocycles. The number of aliphatic hydroxyl groups excluding tert-OH is 1. The molecule has 1 saturated heterocycles. The highest BCUT2D eigenvalue weighted by Crippen LogP contribution is 2.26. The maximum Gasteiger partial charge on any atom is 0.292 e. The van der Waals surface area contributed by atoms with Crippen LogP contribution < -0.4 is 5.32 Å². The summed E-state index contributed by atoms with van der Waals surface area (Å²) in [6.07, 6.45) is 0.422.